The fourth-order valence-corrected chi connectivity index (χ4v) is 2.99. The van der Waals surface area contributed by atoms with Gasteiger partial charge in [-0.3, -0.25) is 9.78 Å². The van der Waals surface area contributed by atoms with E-state index in [0.29, 0.717) is 19.5 Å². The van der Waals surface area contributed by atoms with Crippen LogP contribution in [0.5, 0.6) is 0 Å². The van der Waals surface area contributed by atoms with E-state index in [2.05, 4.69) is 9.71 Å². The maximum absolute atomic E-state index is 11.7. The van der Waals surface area contributed by atoms with Crippen LogP contribution in [0.2, 0.25) is 0 Å². The number of hydrogen-bond donors (Lipinski definition) is 1. The highest BCUT2D eigenvalue weighted by Gasteiger charge is 2.13. The monoisotopic (exact) mass is 313 g/mol. The first kappa shape index (κ1) is 17.6. The topological polar surface area (TPSA) is 79.4 Å². The van der Waals surface area contributed by atoms with Gasteiger partial charge in [0.2, 0.25) is 15.9 Å². The van der Waals surface area contributed by atoms with E-state index in [4.69, 9.17) is 0 Å². The number of pyridine rings is 1. The molecule has 0 saturated heterocycles. The van der Waals surface area contributed by atoms with E-state index in [-0.39, 0.29) is 18.2 Å². The van der Waals surface area contributed by atoms with Gasteiger partial charge in [-0.05, 0) is 18.6 Å². The molecule has 21 heavy (non-hydrogen) atoms. The highest BCUT2D eigenvalue weighted by Crippen LogP contribution is 2.01. The van der Waals surface area contributed by atoms with Crippen LogP contribution in [-0.2, 0) is 21.4 Å². The number of nitrogens with one attached hydrogen (secondary N) is 1. The van der Waals surface area contributed by atoms with Gasteiger partial charge < -0.3 is 4.90 Å². The first-order valence-corrected chi connectivity index (χ1v) is 8.72. The molecule has 0 bridgehead atoms. The third-order valence-electron chi connectivity index (χ3n) is 2.99. The largest absolute Gasteiger partial charge is 0.336 e. The normalized spacial score (nSPS) is 11.3. The number of carbonyl (C=O) groups excluding carboxylic acids is 1. The van der Waals surface area contributed by atoms with Crippen molar-refractivity contribution < 1.29 is 13.2 Å². The van der Waals surface area contributed by atoms with E-state index in [1.807, 2.05) is 25.1 Å². The summed E-state index contributed by atoms with van der Waals surface area (Å²) in [5.74, 6) is 0.0255. The van der Waals surface area contributed by atoms with E-state index < -0.39 is 10.0 Å². The van der Waals surface area contributed by atoms with Crippen LogP contribution >= 0.6 is 0 Å². The minimum absolute atomic E-state index is 0.103. The molecule has 1 rings (SSSR count). The summed E-state index contributed by atoms with van der Waals surface area (Å²) in [4.78, 5) is 17.3. The molecular formula is C14H23N3O3S. The Kier molecular flexibility index (Phi) is 7.31. The molecule has 0 radical (unpaired) electrons. The Morgan fingerprint density at radius 2 is 2.14 bits per heavy atom. The van der Waals surface area contributed by atoms with E-state index in [9.17, 15) is 13.2 Å². The van der Waals surface area contributed by atoms with Crippen LogP contribution in [0.15, 0.2) is 24.4 Å². The molecule has 0 atom stereocenters. The van der Waals surface area contributed by atoms with Crippen LogP contribution in [0.1, 0.15) is 32.4 Å². The SMILES string of the molecule is CCCCS(=O)(=O)NCCN(Cc1ccccn1)C(C)=O. The van der Waals surface area contributed by atoms with Crippen LogP contribution < -0.4 is 4.72 Å². The molecule has 118 valence electrons. The molecule has 0 aliphatic heterocycles. The lowest BCUT2D eigenvalue weighted by molar-refractivity contribution is -0.129. The predicted molar refractivity (Wildman–Crippen MR) is 82.0 cm³/mol. The van der Waals surface area contributed by atoms with Crippen molar-refractivity contribution in [2.24, 2.45) is 0 Å². The van der Waals surface area contributed by atoms with Gasteiger partial charge in [-0.25, -0.2) is 13.1 Å². The lowest BCUT2D eigenvalue weighted by atomic mass is 10.3. The second-order valence-electron chi connectivity index (χ2n) is 4.83. The zero-order valence-electron chi connectivity index (χ0n) is 12.6. The number of aromatic nitrogens is 1. The molecule has 6 nitrogen and oxygen atoms in total. The second kappa shape index (κ2) is 8.74. The van der Waals surface area contributed by atoms with Gasteiger partial charge in [0.15, 0.2) is 0 Å². The van der Waals surface area contributed by atoms with Gasteiger partial charge in [0, 0.05) is 26.2 Å². The Balaban J connectivity index is 2.47. The summed E-state index contributed by atoms with van der Waals surface area (Å²) >= 11 is 0. The average Bonchev–Trinajstić information content (AvgIpc) is 2.45. The highest BCUT2D eigenvalue weighted by molar-refractivity contribution is 7.89. The first-order chi connectivity index (χ1) is 9.94. The van der Waals surface area contributed by atoms with Crippen LogP contribution in [0.4, 0.5) is 0 Å². The van der Waals surface area contributed by atoms with Crippen molar-refractivity contribution in [3.63, 3.8) is 0 Å². The highest BCUT2D eigenvalue weighted by atomic mass is 32.2. The molecule has 1 heterocycles. The molecule has 0 aliphatic rings. The van der Waals surface area contributed by atoms with Crippen molar-refractivity contribution in [1.82, 2.24) is 14.6 Å². The number of sulfonamides is 1. The van der Waals surface area contributed by atoms with E-state index in [0.717, 1.165) is 12.1 Å². The summed E-state index contributed by atoms with van der Waals surface area (Å²) in [6, 6.07) is 5.50. The van der Waals surface area contributed by atoms with Crippen molar-refractivity contribution in [3.8, 4) is 0 Å². The fourth-order valence-electron chi connectivity index (χ4n) is 1.78. The predicted octanol–water partition coefficient (Wildman–Crippen LogP) is 1.15. The minimum Gasteiger partial charge on any atom is -0.336 e. The summed E-state index contributed by atoms with van der Waals surface area (Å²) in [5.41, 5.74) is 0.779. The van der Waals surface area contributed by atoms with E-state index in [1.165, 1.54) is 6.92 Å². The number of carbonyl (C=O) groups is 1. The van der Waals surface area contributed by atoms with Gasteiger partial charge in [-0.15, -0.1) is 0 Å². The van der Waals surface area contributed by atoms with Crippen molar-refractivity contribution >= 4 is 15.9 Å². The quantitative estimate of drug-likeness (QED) is 0.741. The van der Waals surface area contributed by atoms with Crippen molar-refractivity contribution in [1.29, 1.82) is 0 Å². The number of unbranched alkanes of at least 4 members (excludes halogenated alkanes) is 1. The molecular weight excluding hydrogens is 290 g/mol. The maximum atomic E-state index is 11.7. The third-order valence-corrected chi connectivity index (χ3v) is 4.46. The standard InChI is InChI=1S/C14H23N3O3S/c1-3-4-11-21(19,20)16-9-10-17(13(2)18)12-14-7-5-6-8-15-14/h5-8,16H,3-4,9-12H2,1-2H3. The number of hydrogen-bond acceptors (Lipinski definition) is 4. The van der Waals surface area contributed by atoms with Gasteiger partial charge in [0.1, 0.15) is 0 Å². The van der Waals surface area contributed by atoms with E-state index >= 15 is 0 Å². The molecule has 0 saturated carbocycles. The van der Waals surface area contributed by atoms with E-state index in [1.54, 1.807) is 11.1 Å². The van der Waals surface area contributed by atoms with Gasteiger partial charge >= 0.3 is 0 Å². The van der Waals surface area contributed by atoms with Gasteiger partial charge in [0.05, 0.1) is 18.0 Å². The molecule has 7 heteroatoms. The fraction of sp³-hybridized carbons (Fsp3) is 0.571. The Morgan fingerprint density at radius 3 is 2.71 bits per heavy atom. The van der Waals surface area contributed by atoms with Crippen molar-refractivity contribution in [3.05, 3.63) is 30.1 Å². The van der Waals surface area contributed by atoms with Crippen LogP contribution in [-0.4, -0.2) is 43.1 Å². The molecule has 1 amide bonds. The van der Waals surface area contributed by atoms with Gasteiger partial charge in [0.25, 0.3) is 0 Å². The number of nitrogens with zero attached hydrogens (tertiary/aromatic N) is 2. The molecule has 1 aromatic rings. The Morgan fingerprint density at radius 1 is 1.38 bits per heavy atom. The Hall–Kier alpha value is -1.47. The number of amides is 1. The molecule has 0 unspecified atom stereocenters. The van der Waals surface area contributed by atoms with Crippen LogP contribution in [0, 0.1) is 0 Å². The second-order valence-corrected chi connectivity index (χ2v) is 6.75. The summed E-state index contributed by atoms with van der Waals surface area (Å²) in [7, 11) is -3.24. The van der Waals surface area contributed by atoms with Crippen molar-refractivity contribution in [2.75, 3.05) is 18.8 Å². The lowest BCUT2D eigenvalue weighted by Crippen LogP contribution is -2.38. The van der Waals surface area contributed by atoms with Crippen LogP contribution in [0.3, 0.4) is 0 Å². The average molecular weight is 313 g/mol. The minimum atomic E-state index is -3.24. The molecule has 0 aliphatic carbocycles. The summed E-state index contributed by atoms with van der Waals surface area (Å²) < 4.78 is 25.9. The third kappa shape index (κ3) is 7.19. The van der Waals surface area contributed by atoms with Gasteiger partial charge in [-0.1, -0.05) is 19.4 Å². The maximum Gasteiger partial charge on any atom is 0.219 e. The van der Waals surface area contributed by atoms with Crippen molar-refractivity contribution in [2.45, 2.75) is 33.2 Å². The lowest BCUT2D eigenvalue weighted by Gasteiger charge is -2.20. The first-order valence-electron chi connectivity index (χ1n) is 7.07. The Bertz CT molecular complexity index is 532. The summed E-state index contributed by atoms with van der Waals surface area (Å²) in [5, 5.41) is 0. The summed E-state index contributed by atoms with van der Waals surface area (Å²) in [6.45, 7) is 4.34. The summed E-state index contributed by atoms with van der Waals surface area (Å²) in [6.07, 6.45) is 3.14. The zero-order valence-corrected chi connectivity index (χ0v) is 13.4. The zero-order chi connectivity index (χ0) is 15.7. The number of rotatable bonds is 9. The molecule has 1 N–H and O–H groups in total. The van der Waals surface area contributed by atoms with Crippen LogP contribution in [0.25, 0.3) is 0 Å². The Labute approximate surface area is 126 Å². The van der Waals surface area contributed by atoms with Gasteiger partial charge in [-0.2, -0.15) is 0 Å². The smallest absolute Gasteiger partial charge is 0.219 e. The molecule has 0 aromatic carbocycles. The molecule has 0 fully saturated rings. The molecule has 0 spiro atoms. The molecule has 1 aromatic heterocycles.